The number of hydrogen-bond donors (Lipinski definition) is 0. The van der Waals surface area contributed by atoms with Crippen LogP contribution in [0.3, 0.4) is 0 Å². The Bertz CT molecular complexity index is 140. The molecule has 0 aliphatic rings. The summed E-state index contributed by atoms with van der Waals surface area (Å²) in [5.74, 6) is 0. The van der Waals surface area contributed by atoms with Crippen LogP contribution in [-0.4, -0.2) is 4.75 Å². The predicted molar refractivity (Wildman–Crippen MR) is 33.2 cm³/mol. The van der Waals surface area contributed by atoms with Crippen molar-refractivity contribution in [2.75, 3.05) is 0 Å². The molecule has 0 fully saturated rings. The first-order valence-corrected chi connectivity index (χ1v) is 3.22. The van der Waals surface area contributed by atoms with Gasteiger partial charge in [0.1, 0.15) is 0 Å². The summed E-state index contributed by atoms with van der Waals surface area (Å²) >= 11 is 0. The quantitative estimate of drug-likeness (QED) is 0.499. The van der Waals surface area contributed by atoms with E-state index in [1.807, 2.05) is 6.92 Å². The van der Waals surface area contributed by atoms with Gasteiger partial charge in [0.05, 0.1) is 0 Å². The predicted octanol–water partition coefficient (Wildman–Crippen LogP) is 1.73. The Hall–Kier alpha value is -0.290. The van der Waals surface area contributed by atoms with Gasteiger partial charge in [0.25, 0.3) is 0 Å². The highest BCUT2D eigenvalue weighted by molar-refractivity contribution is 7.26. The van der Waals surface area contributed by atoms with Gasteiger partial charge in [-0.2, -0.15) is 0 Å². The first kappa shape index (κ1) is 4.86. The molecule has 0 aliphatic heterocycles. The largest absolute Gasteiger partial charge is 0.246 e. The molecular weight excluding hydrogens is 105 g/mol. The van der Waals surface area contributed by atoms with Crippen molar-refractivity contribution in [3.8, 4) is 0 Å². The molecular formula is C5H8NP. The molecule has 1 rings (SSSR count). The molecule has 38 valence electrons. The van der Waals surface area contributed by atoms with Crippen molar-refractivity contribution in [1.82, 2.24) is 4.75 Å². The molecule has 7 heavy (non-hydrogen) atoms. The van der Waals surface area contributed by atoms with Crippen molar-refractivity contribution in [3.63, 3.8) is 0 Å². The van der Waals surface area contributed by atoms with Gasteiger partial charge in [-0.25, -0.2) is 4.75 Å². The summed E-state index contributed by atoms with van der Waals surface area (Å²) in [4.78, 5) is 0. The molecule has 0 aromatic carbocycles. The second-order valence-electron chi connectivity index (χ2n) is 1.69. The Morgan fingerprint density at radius 3 is 2.43 bits per heavy atom. The normalized spacial score (nSPS) is 10.6. The summed E-state index contributed by atoms with van der Waals surface area (Å²) in [6.45, 7) is 4.14. The molecule has 0 bridgehead atoms. The fourth-order valence-corrected chi connectivity index (χ4v) is 1.24. The summed E-state index contributed by atoms with van der Waals surface area (Å²) in [6.07, 6.45) is 0. The Labute approximate surface area is 44.9 Å². The molecule has 1 aromatic rings. The van der Waals surface area contributed by atoms with Crippen LogP contribution in [0.15, 0.2) is 6.07 Å². The number of nitrogens with zero attached hydrogens (tertiary/aromatic N) is 1. The Morgan fingerprint density at radius 2 is 2.29 bits per heavy atom. The van der Waals surface area contributed by atoms with E-state index >= 15 is 0 Å². The summed E-state index contributed by atoms with van der Waals surface area (Å²) in [5.41, 5.74) is 1.18. The fourth-order valence-electron chi connectivity index (χ4n) is 0.554. The monoisotopic (exact) mass is 113 g/mol. The molecule has 0 radical (unpaired) electrons. The van der Waals surface area contributed by atoms with Gasteiger partial charge in [0.2, 0.25) is 0 Å². The van der Waals surface area contributed by atoms with Crippen LogP contribution < -0.4 is 0 Å². The lowest BCUT2D eigenvalue weighted by Crippen LogP contribution is -1.58. The molecule has 1 aromatic heterocycles. The third kappa shape index (κ3) is 1.04. The molecule has 0 N–H and O–H groups in total. The third-order valence-electron chi connectivity index (χ3n) is 0.834. The second-order valence-corrected chi connectivity index (χ2v) is 2.93. The lowest BCUT2D eigenvalue weighted by molar-refractivity contribution is 1.34. The highest BCUT2D eigenvalue weighted by Gasteiger charge is 1.84. The Kier molecular flexibility index (Phi) is 1.16. The van der Waals surface area contributed by atoms with E-state index in [4.69, 9.17) is 0 Å². The van der Waals surface area contributed by atoms with Gasteiger partial charge in [0, 0.05) is 5.69 Å². The zero-order valence-electron chi connectivity index (χ0n) is 4.52. The van der Waals surface area contributed by atoms with Crippen LogP contribution in [0.1, 0.15) is 11.0 Å². The van der Waals surface area contributed by atoms with Crippen molar-refractivity contribution < 1.29 is 0 Å². The van der Waals surface area contributed by atoms with Crippen molar-refractivity contribution >= 4 is 8.35 Å². The van der Waals surface area contributed by atoms with Crippen LogP contribution in [0.2, 0.25) is 0 Å². The van der Waals surface area contributed by atoms with E-state index in [0.29, 0.717) is 8.35 Å². The zero-order valence-corrected chi connectivity index (χ0v) is 5.52. The van der Waals surface area contributed by atoms with Crippen LogP contribution in [0, 0.1) is 13.8 Å². The topological polar surface area (TPSA) is 12.9 Å². The van der Waals surface area contributed by atoms with E-state index in [1.54, 1.807) is 0 Å². The maximum atomic E-state index is 4.17. The average Bonchev–Trinajstić information content (AvgIpc) is 1.87. The molecule has 1 atom stereocenters. The minimum Gasteiger partial charge on any atom is -0.246 e. The molecule has 0 amide bonds. The number of hydrogen-bond acceptors (Lipinski definition) is 1. The molecule has 0 saturated carbocycles. The molecule has 0 saturated heterocycles. The summed E-state index contributed by atoms with van der Waals surface area (Å²) in [5, 5.41) is 1.40. The van der Waals surface area contributed by atoms with Crippen LogP contribution in [0.5, 0.6) is 0 Å². The first-order chi connectivity index (χ1) is 3.29. The third-order valence-corrected chi connectivity index (χ3v) is 1.80. The van der Waals surface area contributed by atoms with E-state index in [9.17, 15) is 0 Å². The van der Waals surface area contributed by atoms with Gasteiger partial charge in [-0.1, -0.05) is 0 Å². The minimum absolute atomic E-state index is 0.712. The van der Waals surface area contributed by atoms with Crippen molar-refractivity contribution in [2.45, 2.75) is 13.8 Å². The highest BCUT2D eigenvalue weighted by Crippen LogP contribution is 2.10. The molecule has 0 aliphatic carbocycles. The first-order valence-electron chi connectivity index (χ1n) is 2.27. The Morgan fingerprint density at radius 1 is 1.57 bits per heavy atom. The zero-order chi connectivity index (χ0) is 5.28. The summed E-state index contributed by atoms with van der Waals surface area (Å²) in [6, 6.07) is 2.12. The molecule has 1 unspecified atom stereocenters. The van der Waals surface area contributed by atoms with E-state index in [0.717, 1.165) is 0 Å². The SMILES string of the molecule is Cc1cc(C)[pH]n1. The van der Waals surface area contributed by atoms with Gasteiger partial charge in [0.15, 0.2) is 0 Å². The van der Waals surface area contributed by atoms with E-state index < -0.39 is 0 Å². The highest BCUT2D eigenvalue weighted by atomic mass is 31.0. The molecule has 0 spiro atoms. The minimum atomic E-state index is 0.712. The van der Waals surface area contributed by atoms with Crippen LogP contribution >= 0.6 is 8.35 Å². The van der Waals surface area contributed by atoms with Crippen LogP contribution in [0.4, 0.5) is 0 Å². The van der Waals surface area contributed by atoms with Gasteiger partial charge >= 0.3 is 0 Å². The van der Waals surface area contributed by atoms with Gasteiger partial charge in [-0.3, -0.25) is 0 Å². The van der Waals surface area contributed by atoms with Crippen molar-refractivity contribution in [2.24, 2.45) is 0 Å². The number of aromatic nitrogens is 1. The van der Waals surface area contributed by atoms with Crippen molar-refractivity contribution in [3.05, 3.63) is 17.1 Å². The van der Waals surface area contributed by atoms with E-state index in [1.165, 1.54) is 11.0 Å². The Balaban J connectivity index is 3.04. The maximum absolute atomic E-state index is 4.17. The smallest absolute Gasteiger partial charge is 0.0417 e. The average molecular weight is 113 g/mol. The molecule has 1 nitrogen and oxygen atoms in total. The standard InChI is InChI=1S/C5H8NP/c1-4-3-5(2)7-6-4/h3,7H,1-2H3. The lowest BCUT2D eigenvalue weighted by Gasteiger charge is -1.68. The number of aryl methyl sites for hydroxylation is 2. The summed E-state index contributed by atoms with van der Waals surface area (Å²) < 4.78 is 4.17. The maximum Gasteiger partial charge on any atom is 0.0417 e. The van der Waals surface area contributed by atoms with Crippen molar-refractivity contribution in [1.29, 1.82) is 0 Å². The fraction of sp³-hybridized carbons (Fsp3) is 0.400. The number of rotatable bonds is 0. The van der Waals surface area contributed by atoms with Gasteiger partial charge < -0.3 is 0 Å². The molecule has 1 heterocycles. The van der Waals surface area contributed by atoms with Crippen LogP contribution in [-0.2, 0) is 0 Å². The van der Waals surface area contributed by atoms with Gasteiger partial charge in [-0.05, 0) is 33.6 Å². The van der Waals surface area contributed by atoms with E-state index in [2.05, 4.69) is 17.7 Å². The van der Waals surface area contributed by atoms with Crippen LogP contribution in [0.25, 0.3) is 0 Å². The lowest BCUT2D eigenvalue weighted by atomic mass is 10.4. The summed E-state index contributed by atoms with van der Waals surface area (Å²) in [7, 11) is 0.712. The van der Waals surface area contributed by atoms with Gasteiger partial charge in [-0.15, -0.1) is 0 Å². The second kappa shape index (κ2) is 1.67. The van der Waals surface area contributed by atoms with E-state index in [-0.39, 0.29) is 0 Å². The molecule has 2 heteroatoms.